The van der Waals surface area contributed by atoms with Crippen LogP contribution < -0.4 is 15.4 Å². The molecule has 2 rings (SSSR count). The molecule has 0 atom stereocenters. The van der Waals surface area contributed by atoms with E-state index in [1.54, 1.807) is 13.3 Å². The summed E-state index contributed by atoms with van der Waals surface area (Å²) in [7, 11) is -1.54. The summed E-state index contributed by atoms with van der Waals surface area (Å²) in [6, 6.07) is 9.64. The third-order valence-electron chi connectivity index (χ3n) is 3.01. The Morgan fingerprint density at radius 2 is 1.96 bits per heavy atom. The smallest absolute Gasteiger partial charge is 0.226 e. The van der Waals surface area contributed by atoms with Crippen LogP contribution in [0.5, 0.6) is 0 Å². The topological polar surface area (TPSA) is 109 Å². The summed E-state index contributed by atoms with van der Waals surface area (Å²) in [5.41, 5.74) is 1.66. The predicted molar refractivity (Wildman–Crippen MR) is 93.0 cm³/mol. The number of aromatic nitrogens is 1. The Kier molecular flexibility index (Phi) is 6.33. The minimum absolute atomic E-state index is 0.279. The second-order valence-electron chi connectivity index (χ2n) is 5.03. The fourth-order valence-corrected chi connectivity index (χ4v) is 2.39. The van der Waals surface area contributed by atoms with Gasteiger partial charge in [-0.1, -0.05) is 18.2 Å². The average molecular weight is 351 g/mol. The van der Waals surface area contributed by atoms with Gasteiger partial charge in [0.05, 0.1) is 18.5 Å². The van der Waals surface area contributed by atoms with E-state index < -0.39 is 10.0 Å². The van der Waals surface area contributed by atoms with E-state index in [4.69, 9.17) is 4.42 Å². The molecule has 0 aliphatic carbocycles. The molecule has 0 bridgehead atoms. The first-order valence-corrected chi connectivity index (χ1v) is 9.26. The van der Waals surface area contributed by atoms with E-state index in [1.165, 1.54) is 0 Å². The Bertz CT molecular complexity index is 771. The van der Waals surface area contributed by atoms with Gasteiger partial charge in [0.25, 0.3) is 0 Å². The molecule has 0 fully saturated rings. The van der Waals surface area contributed by atoms with Crippen molar-refractivity contribution in [2.24, 2.45) is 4.99 Å². The van der Waals surface area contributed by atoms with Crippen LogP contribution in [0.2, 0.25) is 0 Å². The molecule has 1 heterocycles. The van der Waals surface area contributed by atoms with E-state index in [1.807, 2.05) is 30.3 Å². The van der Waals surface area contributed by atoms with Gasteiger partial charge in [0.2, 0.25) is 15.9 Å². The number of nitrogens with one attached hydrogen (secondary N) is 3. The van der Waals surface area contributed by atoms with E-state index >= 15 is 0 Å². The van der Waals surface area contributed by atoms with Gasteiger partial charge >= 0.3 is 0 Å². The molecule has 2 aromatic rings. The third kappa shape index (κ3) is 6.01. The van der Waals surface area contributed by atoms with Crippen molar-refractivity contribution in [3.05, 3.63) is 42.3 Å². The van der Waals surface area contributed by atoms with Crippen molar-refractivity contribution in [3.63, 3.8) is 0 Å². The highest BCUT2D eigenvalue weighted by atomic mass is 32.2. The van der Waals surface area contributed by atoms with Crippen molar-refractivity contribution >= 4 is 16.0 Å². The maximum Gasteiger partial charge on any atom is 0.226 e. The van der Waals surface area contributed by atoms with Crippen molar-refractivity contribution in [1.82, 2.24) is 20.3 Å². The largest absolute Gasteiger partial charge is 0.444 e. The fraction of sp³-hybridized carbons (Fsp3) is 0.333. The van der Waals surface area contributed by atoms with Crippen LogP contribution in [-0.2, 0) is 16.6 Å². The van der Waals surface area contributed by atoms with E-state index in [9.17, 15) is 8.42 Å². The number of guanidine groups is 1. The van der Waals surface area contributed by atoms with Gasteiger partial charge in [-0.3, -0.25) is 4.99 Å². The summed E-state index contributed by atoms with van der Waals surface area (Å²) in [4.78, 5) is 8.47. The lowest BCUT2D eigenvalue weighted by Gasteiger charge is -2.10. The number of hydrogen-bond donors (Lipinski definition) is 3. The van der Waals surface area contributed by atoms with Crippen LogP contribution in [0.1, 0.15) is 5.69 Å². The predicted octanol–water partition coefficient (Wildman–Crippen LogP) is 0.556. The molecule has 0 aliphatic rings. The zero-order valence-corrected chi connectivity index (χ0v) is 14.4. The molecule has 0 amide bonds. The van der Waals surface area contributed by atoms with Crippen molar-refractivity contribution in [3.8, 4) is 11.5 Å². The third-order valence-corrected chi connectivity index (χ3v) is 3.74. The van der Waals surface area contributed by atoms with Gasteiger partial charge < -0.3 is 15.1 Å². The highest BCUT2D eigenvalue weighted by molar-refractivity contribution is 7.88. The number of aliphatic imine (C=N–C) groups is 1. The lowest BCUT2D eigenvalue weighted by atomic mass is 10.2. The van der Waals surface area contributed by atoms with Crippen molar-refractivity contribution in [2.75, 3.05) is 26.4 Å². The number of oxazole rings is 1. The van der Waals surface area contributed by atoms with Crippen LogP contribution in [-0.4, -0.2) is 45.8 Å². The van der Waals surface area contributed by atoms with Gasteiger partial charge in [0.1, 0.15) is 6.26 Å². The second-order valence-corrected chi connectivity index (χ2v) is 6.86. The highest BCUT2D eigenvalue weighted by Crippen LogP contribution is 2.17. The Hall–Kier alpha value is -2.39. The Morgan fingerprint density at radius 3 is 2.62 bits per heavy atom. The first kappa shape index (κ1) is 18.0. The minimum Gasteiger partial charge on any atom is -0.444 e. The molecule has 0 aliphatic heterocycles. The minimum atomic E-state index is -3.18. The normalized spacial score (nSPS) is 12.2. The molecular formula is C15H21N5O3S. The number of sulfonamides is 1. The number of hydrogen-bond acceptors (Lipinski definition) is 5. The molecule has 0 radical (unpaired) electrons. The molecule has 0 saturated carbocycles. The molecular weight excluding hydrogens is 330 g/mol. The first-order valence-electron chi connectivity index (χ1n) is 7.37. The standard InChI is InChI=1S/C15H21N5O3S/c1-16-15(17-8-9-19-24(2,21)22)18-10-13-11-23-14(20-13)12-6-4-3-5-7-12/h3-7,11,19H,8-10H2,1-2H3,(H2,16,17,18). The van der Waals surface area contributed by atoms with Crippen LogP contribution in [0.15, 0.2) is 46.0 Å². The molecule has 1 aromatic heterocycles. The summed E-state index contributed by atoms with van der Waals surface area (Å²) < 4.78 is 29.8. The SMILES string of the molecule is CN=C(NCCNS(C)(=O)=O)NCc1coc(-c2ccccc2)n1. The fourth-order valence-electron chi connectivity index (χ4n) is 1.91. The summed E-state index contributed by atoms with van der Waals surface area (Å²) in [5, 5.41) is 6.09. The lowest BCUT2D eigenvalue weighted by molar-refractivity contribution is 0.572. The van der Waals surface area contributed by atoms with Crippen LogP contribution >= 0.6 is 0 Å². The van der Waals surface area contributed by atoms with Crippen molar-refractivity contribution < 1.29 is 12.8 Å². The maximum atomic E-state index is 11.0. The van der Waals surface area contributed by atoms with Gasteiger partial charge in [0.15, 0.2) is 5.96 Å². The van der Waals surface area contributed by atoms with E-state index in [2.05, 4.69) is 25.3 Å². The van der Waals surface area contributed by atoms with Crippen molar-refractivity contribution in [1.29, 1.82) is 0 Å². The van der Waals surface area contributed by atoms with Crippen LogP contribution in [0.3, 0.4) is 0 Å². The average Bonchev–Trinajstić information content (AvgIpc) is 3.03. The van der Waals surface area contributed by atoms with Crippen LogP contribution in [0.25, 0.3) is 11.5 Å². The molecule has 0 spiro atoms. The molecule has 9 heteroatoms. The number of rotatable bonds is 7. The van der Waals surface area contributed by atoms with Gasteiger partial charge in [-0.05, 0) is 12.1 Å². The van der Waals surface area contributed by atoms with Crippen LogP contribution in [0.4, 0.5) is 0 Å². The van der Waals surface area contributed by atoms with Gasteiger partial charge in [-0.15, -0.1) is 0 Å². The molecule has 8 nitrogen and oxygen atoms in total. The molecule has 24 heavy (non-hydrogen) atoms. The summed E-state index contributed by atoms with van der Waals surface area (Å²) in [6.45, 7) is 1.14. The molecule has 1 aromatic carbocycles. The van der Waals surface area contributed by atoms with Crippen LogP contribution in [0, 0.1) is 0 Å². The Morgan fingerprint density at radius 1 is 1.21 bits per heavy atom. The first-order chi connectivity index (χ1) is 11.5. The maximum absolute atomic E-state index is 11.0. The molecule has 0 unspecified atom stereocenters. The zero-order valence-electron chi connectivity index (χ0n) is 13.6. The second kappa shape index (κ2) is 8.46. The summed E-state index contributed by atoms with van der Waals surface area (Å²) in [6.07, 6.45) is 2.71. The monoisotopic (exact) mass is 351 g/mol. The molecule has 0 saturated heterocycles. The lowest BCUT2D eigenvalue weighted by Crippen LogP contribution is -2.41. The van der Waals surface area contributed by atoms with E-state index in [-0.39, 0.29) is 6.54 Å². The Labute approximate surface area is 141 Å². The van der Waals surface area contributed by atoms with E-state index in [0.29, 0.717) is 24.9 Å². The number of nitrogens with zero attached hydrogens (tertiary/aromatic N) is 2. The molecule has 3 N–H and O–H groups in total. The van der Waals surface area contributed by atoms with Gasteiger partial charge in [-0.25, -0.2) is 18.1 Å². The zero-order chi connectivity index (χ0) is 17.4. The van der Waals surface area contributed by atoms with E-state index in [0.717, 1.165) is 17.5 Å². The van der Waals surface area contributed by atoms with Gasteiger partial charge in [-0.2, -0.15) is 0 Å². The quantitative estimate of drug-likeness (QED) is 0.382. The van der Waals surface area contributed by atoms with Gasteiger partial charge in [0, 0.05) is 25.7 Å². The molecule has 130 valence electrons. The number of benzene rings is 1. The highest BCUT2D eigenvalue weighted by Gasteiger charge is 2.07. The summed E-state index contributed by atoms with van der Waals surface area (Å²) in [5.74, 6) is 1.11. The summed E-state index contributed by atoms with van der Waals surface area (Å²) >= 11 is 0. The Balaban J connectivity index is 1.80. The van der Waals surface area contributed by atoms with Crippen molar-refractivity contribution in [2.45, 2.75) is 6.54 Å².